The first-order valence-corrected chi connectivity index (χ1v) is 8.85. The number of imidazole rings is 1. The maximum Gasteiger partial charge on any atom is 0.236 e. The molecule has 2 aromatic carbocycles. The van der Waals surface area contributed by atoms with Gasteiger partial charge in [-0.15, -0.1) is 0 Å². The first-order valence-electron chi connectivity index (χ1n) is 8.85. The van der Waals surface area contributed by atoms with E-state index in [0.717, 1.165) is 33.5 Å². The van der Waals surface area contributed by atoms with Crippen LogP contribution in [0.25, 0.3) is 33.7 Å². The van der Waals surface area contributed by atoms with Crippen LogP contribution in [0.5, 0.6) is 0 Å². The van der Waals surface area contributed by atoms with Gasteiger partial charge in [0.2, 0.25) is 5.88 Å². The van der Waals surface area contributed by atoms with Gasteiger partial charge in [0.05, 0.1) is 17.5 Å². The largest absolute Gasteiger partial charge is 0.337 e. The Hall–Kier alpha value is -3.60. The smallest absolute Gasteiger partial charge is 0.236 e. The van der Waals surface area contributed by atoms with Gasteiger partial charge in [0, 0.05) is 35.1 Å². The number of hydrogen-bond acceptors (Lipinski definition) is 3. The number of hydrogen-bond donors (Lipinski definition) is 0. The minimum absolute atomic E-state index is 0.700. The van der Waals surface area contributed by atoms with Crippen molar-refractivity contribution in [3.05, 3.63) is 84.6 Å². The van der Waals surface area contributed by atoms with Crippen molar-refractivity contribution >= 4 is 10.9 Å². The molecule has 0 atom stereocenters. The Kier molecular flexibility index (Phi) is 3.47. The van der Waals surface area contributed by atoms with E-state index in [2.05, 4.69) is 65.0 Å². The molecule has 0 aliphatic carbocycles. The van der Waals surface area contributed by atoms with Crippen LogP contribution >= 0.6 is 0 Å². The summed E-state index contributed by atoms with van der Waals surface area (Å²) < 4.78 is 9.88. The minimum Gasteiger partial charge on any atom is -0.337 e. The van der Waals surface area contributed by atoms with E-state index in [4.69, 9.17) is 4.52 Å². The molecule has 0 bridgehead atoms. The van der Waals surface area contributed by atoms with E-state index >= 15 is 0 Å². The highest BCUT2D eigenvalue weighted by molar-refractivity contribution is 5.92. The van der Waals surface area contributed by atoms with E-state index < -0.39 is 0 Å². The molecule has 5 aromatic rings. The first-order chi connectivity index (χ1) is 13.2. The standard InChI is InChI=1S/C22H18N4O/c1-15-7-9-17(10-8-15)19-13-21(27-24-19)26-16(2)22(25-12-11-23-14-25)18-5-3-4-6-20(18)26/h3-14H,1-2H3. The SMILES string of the molecule is Cc1ccc(-c2cc(-n3c(C)c(-n4ccnc4)c4ccccc43)on2)cc1. The van der Waals surface area contributed by atoms with Crippen molar-refractivity contribution < 1.29 is 4.52 Å². The minimum atomic E-state index is 0.700. The molecule has 0 fully saturated rings. The van der Waals surface area contributed by atoms with Gasteiger partial charge in [-0.05, 0) is 19.9 Å². The molecule has 3 aromatic heterocycles. The fourth-order valence-electron chi connectivity index (χ4n) is 3.58. The van der Waals surface area contributed by atoms with E-state index in [0.29, 0.717) is 5.88 Å². The number of rotatable bonds is 3. The Bertz CT molecular complexity index is 1230. The summed E-state index contributed by atoms with van der Waals surface area (Å²) in [7, 11) is 0. The number of aryl methyl sites for hydroxylation is 1. The summed E-state index contributed by atoms with van der Waals surface area (Å²) in [6.07, 6.45) is 5.56. The molecule has 0 N–H and O–H groups in total. The Morgan fingerprint density at radius 2 is 1.78 bits per heavy atom. The summed E-state index contributed by atoms with van der Waals surface area (Å²) >= 11 is 0. The van der Waals surface area contributed by atoms with Crippen molar-refractivity contribution in [2.45, 2.75) is 13.8 Å². The zero-order chi connectivity index (χ0) is 18.4. The number of para-hydroxylation sites is 1. The summed E-state index contributed by atoms with van der Waals surface area (Å²) in [5.74, 6) is 0.700. The van der Waals surface area contributed by atoms with E-state index in [1.165, 1.54) is 5.56 Å². The van der Waals surface area contributed by atoms with Crippen molar-refractivity contribution in [3.8, 4) is 22.8 Å². The predicted molar refractivity (Wildman–Crippen MR) is 105 cm³/mol. The lowest BCUT2D eigenvalue weighted by Gasteiger charge is -2.04. The van der Waals surface area contributed by atoms with E-state index in [1.54, 1.807) is 6.20 Å². The zero-order valence-corrected chi connectivity index (χ0v) is 15.1. The van der Waals surface area contributed by atoms with Crippen LogP contribution in [-0.4, -0.2) is 19.3 Å². The van der Waals surface area contributed by atoms with Gasteiger partial charge in [0.1, 0.15) is 5.69 Å². The summed E-state index contributed by atoms with van der Waals surface area (Å²) in [4.78, 5) is 4.20. The van der Waals surface area contributed by atoms with Gasteiger partial charge in [0.15, 0.2) is 0 Å². The molecule has 0 saturated carbocycles. The Labute approximate surface area is 156 Å². The highest BCUT2D eigenvalue weighted by atomic mass is 16.5. The molecule has 5 heteroatoms. The highest BCUT2D eigenvalue weighted by Gasteiger charge is 2.19. The average molecular weight is 354 g/mol. The molecule has 0 saturated heterocycles. The van der Waals surface area contributed by atoms with Crippen LogP contribution in [0.2, 0.25) is 0 Å². The molecule has 27 heavy (non-hydrogen) atoms. The van der Waals surface area contributed by atoms with Crippen molar-refractivity contribution in [2.75, 3.05) is 0 Å². The van der Waals surface area contributed by atoms with Gasteiger partial charge in [-0.3, -0.25) is 4.57 Å². The summed E-state index contributed by atoms with van der Waals surface area (Å²) in [6, 6.07) is 18.6. The topological polar surface area (TPSA) is 48.8 Å². The number of fused-ring (bicyclic) bond motifs is 1. The molecule has 0 unspecified atom stereocenters. The third kappa shape index (κ3) is 2.47. The quantitative estimate of drug-likeness (QED) is 0.453. The number of aromatic nitrogens is 4. The lowest BCUT2D eigenvalue weighted by Crippen LogP contribution is -1.97. The van der Waals surface area contributed by atoms with Gasteiger partial charge in [-0.1, -0.05) is 53.2 Å². The van der Waals surface area contributed by atoms with Crippen LogP contribution < -0.4 is 0 Å². The van der Waals surface area contributed by atoms with Crippen LogP contribution in [0, 0.1) is 13.8 Å². The van der Waals surface area contributed by atoms with Gasteiger partial charge in [0.25, 0.3) is 0 Å². The van der Waals surface area contributed by atoms with Gasteiger partial charge in [-0.25, -0.2) is 4.98 Å². The fraction of sp³-hybridized carbons (Fsp3) is 0.0909. The molecule has 0 aliphatic heterocycles. The molecular formula is C22H18N4O. The van der Waals surface area contributed by atoms with Crippen molar-refractivity contribution in [3.63, 3.8) is 0 Å². The second-order valence-corrected chi connectivity index (χ2v) is 6.67. The second kappa shape index (κ2) is 5.99. The molecule has 5 nitrogen and oxygen atoms in total. The second-order valence-electron chi connectivity index (χ2n) is 6.67. The summed E-state index contributed by atoms with van der Waals surface area (Å²) in [5, 5.41) is 5.44. The van der Waals surface area contributed by atoms with Gasteiger partial charge >= 0.3 is 0 Å². The predicted octanol–water partition coefficient (Wildman–Crippen LogP) is 5.09. The zero-order valence-electron chi connectivity index (χ0n) is 15.1. The summed E-state index contributed by atoms with van der Waals surface area (Å²) in [6.45, 7) is 4.16. The van der Waals surface area contributed by atoms with Gasteiger partial charge in [-0.2, -0.15) is 0 Å². The van der Waals surface area contributed by atoms with Crippen LogP contribution in [0.1, 0.15) is 11.3 Å². The summed E-state index contributed by atoms with van der Waals surface area (Å²) in [5.41, 5.74) is 6.33. The van der Waals surface area contributed by atoms with Crippen LogP contribution in [-0.2, 0) is 0 Å². The highest BCUT2D eigenvalue weighted by Crippen LogP contribution is 2.33. The Balaban J connectivity index is 1.70. The number of benzene rings is 2. The van der Waals surface area contributed by atoms with Crippen molar-refractivity contribution in [2.24, 2.45) is 0 Å². The van der Waals surface area contributed by atoms with Crippen LogP contribution in [0.4, 0.5) is 0 Å². The van der Waals surface area contributed by atoms with Crippen LogP contribution in [0.15, 0.2) is 77.8 Å². The van der Waals surface area contributed by atoms with E-state index in [-0.39, 0.29) is 0 Å². The Morgan fingerprint density at radius 3 is 2.56 bits per heavy atom. The van der Waals surface area contributed by atoms with E-state index in [9.17, 15) is 0 Å². The number of nitrogens with zero attached hydrogens (tertiary/aromatic N) is 4. The Morgan fingerprint density at radius 1 is 0.963 bits per heavy atom. The third-order valence-electron chi connectivity index (χ3n) is 4.91. The van der Waals surface area contributed by atoms with Crippen LogP contribution in [0.3, 0.4) is 0 Å². The van der Waals surface area contributed by atoms with Crippen molar-refractivity contribution in [1.82, 2.24) is 19.3 Å². The monoisotopic (exact) mass is 354 g/mol. The fourth-order valence-corrected chi connectivity index (χ4v) is 3.58. The molecular weight excluding hydrogens is 336 g/mol. The molecule has 132 valence electrons. The molecule has 5 rings (SSSR count). The lowest BCUT2D eigenvalue weighted by molar-refractivity contribution is 0.409. The average Bonchev–Trinajstić information content (AvgIpc) is 3.40. The maximum atomic E-state index is 5.74. The normalized spacial score (nSPS) is 11.3. The molecule has 0 amide bonds. The molecule has 3 heterocycles. The first kappa shape index (κ1) is 15.6. The molecule has 0 spiro atoms. The lowest BCUT2D eigenvalue weighted by atomic mass is 10.1. The van der Waals surface area contributed by atoms with E-state index in [1.807, 2.05) is 35.3 Å². The maximum absolute atomic E-state index is 5.74. The van der Waals surface area contributed by atoms with Crippen molar-refractivity contribution in [1.29, 1.82) is 0 Å². The molecule has 0 aliphatic rings. The third-order valence-corrected chi connectivity index (χ3v) is 4.91. The molecule has 0 radical (unpaired) electrons. The van der Waals surface area contributed by atoms with Gasteiger partial charge < -0.3 is 9.09 Å².